The first kappa shape index (κ1) is 26.6. The second kappa shape index (κ2) is 13.7. The first-order chi connectivity index (χ1) is 12.2. The number of rotatable bonds is 15. The molecule has 0 fully saturated rings. The normalized spacial score (nSPS) is 18.5. The Morgan fingerprint density at radius 3 is 0.923 bits per heavy atom. The third kappa shape index (κ3) is 8.76. The Kier molecular flexibility index (Phi) is 14.1. The van der Waals surface area contributed by atoms with Crippen molar-refractivity contribution >= 4 is 38.1 Å². The van der Waals surface area contributed by atoms with Gasteiger partial charge < -0.3 is 26.6 Å². The molecule has 0 spiro atoms. The zero-order chi connectivity index (χ0) is 20.3. The highest BCUT2D eigenvalue weighted by atomic mass is 28.3. The fourth-order valence-electron chi connectivity index (χ4n) is 4.55. The minimum Gasteiger partial charge on any atom is -0.400 e. The molecule has 6 nitrogen and oxygen atoms in total. The van der Waals surface area contributed by atoms with Crippen molar-refractivity contribution in [3.8, 4) is 0 Å². The summed E-state index contributed by atoms with van der Waals surface area (Å²) in [5, 5.41) is 0.269. The molecule has 3 atom stereocenters. The smallest absolute Gasteiger partial charge is 0.323 e. The van der Waals surface area contributed by atoms with Crippen molar-refractivity contribution < 1.29 is 26.6 Å². The van der Waals surface area contributed by atoms with Gasteiger partial charge in [0.1, 0.15) is 0 Å². The maximum Gasteiger partial charge on any atom is 0.323 e. The molecular weight excluding hydrogens is 401 g/mol. The topological polar surface area (TPSA) is 55.4 Å². The van der Waals surface area contributed by atoms with E-state index in [1.807, 2.05) is 0 Å². The molecule has 158 valence electrons. The van der Waals surface area contributed by atoms with Crippen LogP contribution >= 0.6 is 0 Å². The Hall–Kier alpha value is 0.628. The molecule has 0 aliphatic heterocycles. The summed E-state index contributed by atoms with van der Waals surface area (Å²) in [4.78, 5) is 0. The summed E-state index contributed by atoms with van der Waals surface area (Å²) in [6, 6.07) is 0. The monoisotopic (exact) mass is 442 g/mol. The fraction of sp³-hybridized carbons (Fsp3) is 1.00. The highest BCUT2D eigenvalue weighted by molar-refractivity contribution is 6.47. The van der Waals surface area contributed by atoms with E-state index >= 15 is 0 Å². The molecule has 0 aliphatic carbocycles. The van der Waals surface area contributed by atoms with Gasteiger partial charge in [-0.2, -0.15) is 0 Å². The van der Waals surface area contributed by atoms with E-state index in [1.54, 1.807) is 42.7 Å². The van der Waals surface area contributed by atoms with E-state index in [2.05, 4.69) is 20.8 Å². The summed E-state index contributed by atoms with van der Waals surface area (Å²) in [7, 11) is 6.83. The van der Waals surface area contributed by atoms with Gasteiger partial charge in [0.05, 0.1) is 0 Å². The van der Waals surface area contributed by atoms with Crippen molar-refractivity contribution in [1.82, 2.24) is 0 Å². The Morgan fingerprint density at radius 1 is 0.577 bits per heavy atom. The molecule has 0 aromatic carbocycles. The van der Waals surface area contributed by atoms with Crippen LogP contribution in [0.5, 0.6) is 0 Å². The minimum absolute atomic E-state index is 0.269. The van der Waals surface area contributed by atoms with Gasteiger partial charge in [-0.25, -0.2) is 0 Å². The first-order valence-corrected chi connectivity index (χ1v) is 15.2. The Balaban J connectivity index is 5.35. The lowest BCUT2D eigenvalue weighted by Gasteiger charge is -2.39. The zero-order valence-corrected chi connectivity index (χ0v) is 24.0. The summed E-state index contributed by atoms with van der Waals surface area (Å²) in [5.74, 6) is 0. The molecule has 0 aliphatic rings. The maximum atomic E-state index is 5.65. The third-order valence-corrected chi connectivity index (χ3v) is 12.7. The van der Waals surface area contributed by atoms with Crippen molar-refractivity contribution in [2.24, 2.45) is 0 Å². The van der Waals surface area contributed by atoms with Crippen molar-refractivity contribution in [3.05, 3.63) is 0 Å². The summed E-state index contributed by atoms with van der Waals surface area (Å²) in [5.41, 5.74) is 1.37. The zero-order valence-electron chi connectivity index (χ0n) is 18.5. The van der Waals surface area contributed by atoms with Gasteiger partial charge in [0, 0.05) is 52.9 Å². The van der Waals surface area contributed by atoms with Gasteiger partial charge in [0.15, 0.2) is 0 Å². The molecule has 0 N–H and O–H groups in total. The SMILES string of the molecule is CO[SiH](OC)C(C)CC([SiH3])(CC(C)[SiH](OC)OC)CC(C)[SiH](OC)OC. The van der Waals surface area contributed by atoms with Gasteiger partial charge >= 0.3 is 27.9 Å². The predicted octanol–water partition coefficient (Wildman–Crippen LogP) is 1.39. The number of hydrogen-bond donors (Lipinski definition) is 0. The van der Waals surface area contributed by atoms with E-state index in [9.17, 15) is 0 Å². The van der Waals surface area contributed by atoms with E-state index in [1.165, 1.54) is 0 Å². The Labute approximate surface area is 169 Å². The molecule has 10 heteroatoms. The quantitative estimate of drug-likeness (QED) is 0.357. The largest absolute Gasteiger partial charge is 0.400 e. The van der Waals surface area contributed by atoms with Crippen LogP contribution in [-0.4, -0.2) is 80.8 Å². The molecule has 0 saturated carbocycles. The van der Waals surface area contributed by atoms with E-state index in [0.29, 0.717) is 16.6 Å². The molecule has 0 radical (unpaired) electrons. The van der Waals surface area contributed by atoms with Crippen LogP contribution in [0.3, 0.4) is 0 Å². The Morgan fingerprint density at radius 2 is 0.769 bits per heavy atom. The molecule has 0 aromatic heterocycles. The highest BCUT2D eigenvalue weighted by Gasteiger charge is 2.38. The van der Waals surface area contributed by atoms with E-state index in [4.69, 9.17) is 26.6 Å². The van der Waals surface area contributed by atoms with E-state index in [0.717, 1.165) is 29.5 Å². The van der Waals surface area contributed by atoms with Crippen LogP contribution in [0.4, 0.5) is 0 Å². The molecular formula is C16H42O6Si4. The summed E-state index contributed by atoms with van der Waals surface area (Å²) >= 11 is 0. The highest BCUT2D eigenvalue weighted by Crippen LogP contribution is 2.49. The van der Waals surface area contributed by atoms with Crippen molar-refractivity contribution in [1.29, 1.82) is 0 Å². The van der Waals surface area contributed by atoms with Crippen molar-refractivity contribution in [3.63, 3.8) is 0 Å². The molecule has 0 rings (SSSR count). The van der Waals surface area contributed by atoms with Crippen LogP contribution in [0.2, 0.25) is 21.7 Å². The summed E-state index contributed by atoms with van der Waals surface area (Å²) in [6.07, 6.45) is 3.36. The number of hydrogen-bond acceptors (Lipinski definition) is 6. The molecule has 0 amide bonds. The van der Waals surface area contributed by atoms with Gasteiger partial charge in [0.2, 0.25) is 0 Å². The summed E-state index contributed by atoms with van der Waals surface area (Å²) in [6.45, 7) is 6.82. The maximum absolute atomic E-state index is 5.65. The van der Waals surface area contributed by atoms with Crippen LogP contribution in [0.25, 0.3) is 0 Å². The molecule has 0 aromatic rings. The van der Waals surface area contributed by atoms with Gasteiger partial charge in [0.25, 0.3) is 0 Å². The first-order valence-electron chi connectivity index (χ1n) is 9.38. The van der Waals surface area contributed by atoms with E-state index < -0.39 is 27.9 Å². The van der Waals surface area contributed by atoms with Crippen LogP contribution in [0.15, 0.2) is 0 Å². The van der Waals surface area contributed by atoms with Crippen LogP contribution in [0, 0.1) is 0 Å². The third-order valence-electron chi connectivity index (χ3n) is 5.23. The van der Waals surface area contributed by atoms with Crippen molar-refractivity contribution in [2.45, 2.75) is 61.7 Å². The van der Waals surface area contributed by atoms with Crippen LogP contribution in [-0.2, 0) is 26.6 Å². The minimum atomic E-state index is -1.64. The predicted molar refractivity (Wildman–Crippen MR) is 118 cm³/mol. The molecule has 0 saturated heterocycles. The van der Waals surface area contributed by atoms with Gasteiger partial charge in [-0.05, 0) is 40.9 Å². The lowest BCUT2D eigenvalue weighted by atomic mass is 9.91. The standard InChI is InChI=1S/C16H42O6Si4/c1-13(24(17-4)18-5)10-16(23,11-14(2)25(19-6)20-7)12-15(3)26(21-8)22-9/h13-15,24-26H,10-12H2,1-9,23H3. The van der Waals surface area contributed by atoms with Crippen molar-refractivity contribution in [2.75, 3.05) is 42.7 Å². The average molecular weight is 443 g/mol. The Bertz CT molecular complexity index is 303. The van der Waals surface area contributed by atoms with Gasteiger partial charge in [-0.1, -0.05) is 20.8 Å². The fourth-order valence-corrected chi connectivity index (χ4v) is 13.5. The van der Waals surface area contributed by atoms with E-state index in [-0.39, 0.29) is 5.04 Å². The second-order valence-corrected chi connectivity index (χ2v) is 18.4. The van der Waals surface area contributed by atoms with Crippen LogP contribution in [0.1, 0.15) is 40.0 Å². The van der Waals surface area contributed by atoms with Gasteiger partial charge in [-0.3, -0.25) is 0 Å². The molecule has 0 heterocycles. The van der Waals surface area contributed by atoms with Crippen LogP contribution < -0.4 is 0 Å². The average Bonchev–Trinajstić information content (AvgIpc) is 2.57. The molecule has 26 heavy (non-hydrogen) atoms. The molecule has 0 bridgehead atoms. The van der Waals surface area contributed by atoms with Gasteiger partial charge in [-0.15, -0.1) is 0 Å². The lowest BCUT2D eigenvalue weighted by molar-refractivity contribution is 0.240. The second-order valence-electron chi connectivity index (χ2n) is 7.87. The summed E-state index contributed by atoms with van der Waals surface area (Å²) < 4.78 is 33.9. The lowest BCUT2D eigenvalue weighted by Crippen LogP contribution is -2.34. The molecule has 3 unspecified atom stereocenters.